The Balaban J connectivity index is 2.30. The Hall–Kier alpha value is -0.610. The van der Waals surface area contributed by atoms with E-state index >= 15 is 0 Å². The van der Waals surface area contributed by atoms with Gasteiger partial charge in [0.1, 0.15) is 0 Å². The van der Waals surface area contributed by atoms with Crippen molar-refractivity contribution in [3.8, 4) is 0 Å². The van der Waals surface area contributed by atoms with Gasteiger partial charge in [-0.25, -0.2) is 0 Å². The van der Waals surface area contributed by atoms with E-state index in [-0.39, 0.29) is 18.1 Å². The van der Waals surface area contributed by atoms with Gasteiger partial charge in [0.2, 0.25) is 0 Å². The van der Waals surface area contributed by atoms with E-state index < -0.39 is 5.97 Å². The highest BCUT2D eigenvalue weighted by atomic mass is 16.5. The molecule has 1 saturated heterocycles. The maximum absolute atomic E-state index is 10.3. The molecular formula is C9H17NO3. The van der Waals surface area contributed by atoms with Gasteiger partial charge in [-0.2, -0.15) is 0 Å². The van der Waals surface area contributed by atoms with E-state index in [4.69, 9.17) is 9.84 Å². The van der Waals surface area contributed by atoms with Gasteiger partial charge in [0.25, 0.3) is 0 Å². The number of aliphatic carboxylic acids is 1. The molecule has 2 unspecified atom stereocenters. The molecule has 1 aliphatic rings. The van der Waals surface area contributed by atoms with Gasteiger partial charge in [0, 0.05) is 18.7 Å². The lowest BCUT2D eigenvalue weighted by atomic mass is 9.94. The Bertz CT molecular complexity index is 195. The van der Waals surface area contributed by atoms with Crippen LogP contribution in [0.25, 0.3) is 0 Å². The Morgan fingerprint density at radius 3 is 2.92 bits per heavy atom. The average Bonchev–Trinajstić information content (AvgIpc) is 2.32. The van der Waals surface area contributed by atoms with Crippen LogP contribution >= 0.6 is 0 Å². The van der Waals surface area contributed by atoms with Crippen molar-refractivity contribution < 1.29 is 14.6 Å². The maximum atomic E-state index is 10.3. The molecular weight excluding hydrogens is 170 g/mol. The minimum Gasteiger partial charge on any atom is -0.481 e. The summed E-state index contributed by atoms with van der Waals surface area (Å²) in [6.07, 6.45) is 1.29. The SMILES string of the molecule is CC1OCCC1(C)NCCC(=O)O. The first-order chi connectivity index (χ1) is 6.04. The van der Waals surface area contributed by atoms with Crippen LogP contribution in [0.15, 0.2) is 0 Å². The van der Waals surface area contributed by atoms with Gasteiger partial charge in [-0.1, -0.05) is 0 Å². The molecule has 1 aliphatic heterocycles. The van der Waals surface area contributed by atoms with E-state index in [1.807, 2.05) is 6.92 Å². The van der Waals surface area contributed by atoms with Crippen molar-refractivity contribution in [2.45, 2.75) is 38.3 Å². The number of hydrogen-bond donors (Lipinski definition) is 2. The summed E-state index contributed by atoms with van der Waals surface area (Å²) in [5.41, 5.74) is -0.0462. The lowest BCUT2D eigenvalue weighted by molar-refractivity contribution is -0.136. The summed E-state index contributed by atoms with van der Waals surface area (Å²) >= 11 is 0. The van der Waals surface area contributed by atoms with Crippen molar-refractivity contribution in [2.24, 2.45) is 0 Å². The van der Waals surface area contributed by atoms with E-state index in [1.165, 1.54) is 0 Å². The van der Waals surface area contributed by atoms with Gasteiger partial charge in [0.05, 0.1) is 12.5 Å². The molecule has 0 aromatic heterocycles. The Labute approximate surface area is 78.3 Å². The molecule has 1 heterocycles. The van der Waals surface area contributed by atoms with Crippen LogP contribution in [0.2, 0.25) is 0 Å². The number of carbonyl (C=O) groups is 1. The number of rotatable bonds is 4. The molecule has 2 atom stereocenters. The van der Waals surface area contributed by atoms with Crippen molar-refractivity contribution in [1.29, 1.82) is 0 Å². The molecule has 0 aromatic rings. The number of carboxylic acid groups (broad SMARTS) is 1. The normalized spacial score (nSPS) is 33.5. The molecule has 0 radical (unpaired) electrons. The topological polar surface area (TPSA) is 58.6 Å². The molecule has 4 nitrogen and oxygen atoms in total. The van der Waals surface area contributed by atoms with E-state index in [9.17, 15) is 4.79 Å². The van der Waals surface area contributed by atoms with E-state index in [0.29, 0.717) is 6.54 Å². The van der Waals surface area contributed by atoms with Crippen molar-refractivity contribution >= 4 is 5.97 Å². The number of hydrogen-bond acceptors (Lipinski definition) is 3. The summed E-state index contributed by atoms with van der Waals surface area (Å²) < 4.78 is 5.42. The predicted octanol–water partition coefficient (Wildman–Crippen LogP) is 0.618. The van der Waals surface area contributed by atoms with Crippen molar-refractivity contribution in [3.63, 3.8) is 0 Å². The molecule has 0 bridgehead atoms. The van der Waals surface area contributed by atoms with Crippen LogP contribution in [-0.4, -0.2) is 35.9 Å². The van der Waals surface area contributed by atoms with Crippen molar-refractivity contribution in [2.75, 3.05) is 13.2 Å². The van der Waals surface area contributed by atoms with Gasteiger partial charge in [-0.3, -0.25) is 4.79 Å². The van der Waals surface area contributed by atoms with Gasteiger partial charge in [-0.15, -0.1) is 0 Å². The Morgan fingerprint density at radius 2 is 2.46 bits per heavy atom. The fraction of sp³-hybridized carbons (Fsp3) is 0.889. The van der Waals surface area contributed by atoms with Crippen LogP contribution in [0.4, 0.5) is 0 Å². The van der Waals surface area contributed by atoms with Gasteiger partial charge < -0.3 is 15.2 Å². The summed E-state index contributed by atoms with van der Waals surface area (Å²) in [6.45, 7) is 5.37. The van der Waals surface area contributed by atoms with Crippen LogP contribution in [0.1, 0.15) is 26.7 Å². The fourth-order valence-electron chi connectivity index (χ4n) is 1.52. The van der Waals surface area contributed by atoms with Crippen molar-refractivity contribution in [3.05, 3.63) is 0 Å². The minimum absolute atomic E-state index is 0.0462. The summed E-state index contributed by atoms with van der Waals surface area (Å²) in [4.78, 5) is 10.3. The third-order valence-corrected chi connectivity index (χ3v) is 2.75. The molecule has 1 fully saturated rings. The molecule has 4 heteroatoms. The highest BCUT2D eigenvalue weighted by molar-refractivity contribution is 5.66. The van der Waals surface area contributed by atoms with E-state index in [2.05, 4.69) is 12.2 Å². The van der Waals surface area contributed by atoms with E-state index in [1.54, 1.807) is 0 Å². The van der Waals surface area contributed by atoms with Crippen LogP contribution in [0.5, 0.6) is 0 Å². The van der Waals surface area contributed by atoms with Crippen LogP contribution in [0, 0.1) is 0 Å². The van der Waals surface area contributed by atoms with Crippen LogP contribution in [-0.2, 0) is 9.53 Å². The fourth-order valence-corrected chi connectivity index (χ4v) is 1.52. The third kappa shape index (κ3) is 2.67. The molecule has 0 amide bonds. The predicted molar refractivity (Wildman–Crippen MR) is 48.7 cm³/mol. The molecule has 0 saturated carbocycles. The van der Waals surface area contributed by atoms with E-state index in [0.717, 1.165) is 13.0 Å². The third-order valence-electron chi connectivity index (χ3n) is 2.75. The lowest BCUT2D eigenvalue weighted by Gasteiger charge is -2.28. The highest BCUT2D eigenvalue weighted by Gasteiger charge is 2.36. The zero-order chi connectivity index (χ0) is 9.90. The number of carboxylic acids is 1. The second-order valence-electron chi connectivity index (χ2n) is 3.75. The summed E-state index contributed by atoms with van der Waals surface area (Å²) in [5, 5.41) is 11.7. The smallest absolute Gasteiger partial charge is 0.304 e. The Kier molecular flexibility index (Phi) is 3.27. The highest BCUT2D eigenvalue weighted by Crippen LogP contribution is 2.24. The number of ether oxygens (including phenoxy) is 1. The molecule has 13 heavy (non-hydrogen) atoms. The number of nitrogens with one attached hydrogen (secondary N) is 1. The van der Waals surface area contributed by atoms with Crippen LogP contribution < -0.4 is 5.32 Å². The second-order valence-corrected chi connectivity index (χ2v) is 3.75. The molecule has 0 aliphatic carbocycles. The zero-order valence-corrected chi connectivity index (χ0v) is 8.17. The second kappa shape index (κ2) is 4.07. The first-order valence-electron chi connectivity index (χ1n) is 4.63. The average molecular weight is 187 g/mol. The molecule has 76 valence electrons. The zero-order valence-electron chi connectivity index (χ0n) is 8.17. The largest absolute Gasteiger partial charge is 0.481 e. The standard InChI is InChI=1S/C9H17NO3/c1-7-9(2,4-6-13-7)10-5-3-8(11)12/h7,10H,3-6H2,1-2H3,(H,11,12). The molecule has 1 rings (SSSR count). The summed E-state index contributed by atoms with van der Waals surface area (Å²) in [5.74, 6) is -0.761. The first kappa shape index (κ1) is 10.5. The van der Waals surface area contributed by atoms with Gasteiger partial charge >= 0.3 is 5.97 Å². The lowest BCUT2D eigenvalue weighted by Crippen LogP contribution is -2.48. The Morgan fingerprint density at radius 1 is 1.77 bits per heavy atom. The van der Waals surface area contributed by atoms with Crippen molar-refractivity contribution in [1.82, 2.24) is 5.32 Å². The summed E-state index contributed by atoms with van der Waals surface area (Å²) in [6, 6.07) is 0. The molecule has 0 aromatic carbocycles. The van der Waals surface area contributed by atoms with Gasteiger partial charge in [0.15, 0.2) is 0 Å². The molecule has 0 spiro atoms. The first-order valence-corrected chi connectivity index (χ1v) is 4.63. The van der Waals surface area contributed by atoms with Gasteiger partial charge in [-0.05, 0) is 20.3 Å². The van der Waals surface area contributed by atoms with Crippen LogP contribution in [0.3, 0.4) is 0 Å². The maximum Gasteiger partial charge on any atom is 0.304 e. The monoisotopic (exact) mass is 187 g/mol. The molecule has 2 N–H and O–H groups in total. The quantitative estimate of drug-likeness (QED) is 0.677. The summed E-state index contributed by atoms with van der Waals surface area (Å²) in [7, 11) is 0. The minimum atomic E-state index is -0.761.